The first-order valence-electron chi connectivity index (χ1n) is 7.52. The van der Waals surface area contributed by atoms with Crippen LogP contribution in [-0.2, 0) is 4.79 Å². The molecule has 3 aromatic rings. The predicted molar refractivity (Wildman–Crippen MR) is 95.1 cm³/mol. The molecule has 1 amide bonds. The molecule has 3 nitrogen and oxygen atoms in total. The van der Waals surface area contributed by atoms with Gasteiger partial charge in [0, 0.05) is 6.92 Å². The van der Waals surface area contributed by atoms with Crippen LogP contribution >= 0.6 is 0 Å². The minimum absolute atomic E-state index is 0.0682. The van der Waals surface area contributed by atoms with E-state index in [4.69, 9.17) is 0 Å². The van der Waals surface area contributed by atoms with Crippen molar-refractivity contribution in [2.75, 3.05) is 10.4 Å². The number of hydrogen-bond donors (Lipinski definition) is 1. The first-order chi connectivity index (χ1) is 11.2. The first-order valence-corrected chi connectivity index (χ1v) is 7.52. The molecule has 3 aromatic carbocycles. The number of nitrogens with one attached hydrogen (secondary N) is 1. The Labute approximate surface area is 136 Å². The molecule has 0 unspecified atom stereocenters. The van der Waals surface area contributed by atoms with Gasteiger partial charge in [-0.2, -0.15) is 0 Å². The second kappa shape index (κ2) is 6.79. The minimum Gasteiger partial charge on any atom is -0.291 e. The monoisotopic (exact) mass is 302 g/mol. The van der Waals surface area contributed by atoms with E-state index in [-0.39, 0.29) is 5.91 Å². The quantitative estimate of drug-likeness (QED) is 0.706. The van der Waals surface area contributed by atoms with Crippen LogP contribution in [0.1, 0.15) is 6.92 Å². The maximum Gasteiger partial charge on any atom is 0.242 e. The van der Waals surface area contributed by atoms with Crippen molar-refractivity contribution in [3.8, 4) is 11.1 Å². The summed E-state index contributed by atoms with van der Waals surface area (Å²) < 4.78 is 0. The van der Waals surface area contributed by atoms with Crippen LogP contribution in [0.5, 0.6) is 0 Å². The molecular formula is C20H18N2O. The van der Waals surface area contributed by atoms with Crippen molar-refractivity contribution in [2.24, 2.45) is 0 Å². The highest BCUT2D eigenvalue weighted by atomic mass is 16.2. The lowest BCUT2D eigenvalue weighted by Gasteiger charge is -2.23. The standard InChI is InChI=1S/C20H18N2O/c1-16(23)22(21-19-10-6-3-7-11-19)20-14-12-18(13-15-20)17-8-4-2-5-9-17/h2-15,21H,1H3. The predicted octanol–water partition coefficient (Wildman–Crippen LogP) is 4.73. The van der Waals surface area contributed by atoms with Crippen molar-refractivity contribution in [2.45, 2.75) is 6.92 Å². The lowest BCUT2D eigenvalue weighted by molar-refractivity contribution is -0.116. The number of hydrazine groups is 1. The lowest BCUT2D eigenvalue weighted by atomic mass is 10.1. The third-order valence-corrected chi connectivity index (χ3v) is 3.56. The highest BCUT2D eigenvalue weighted by Gasteiger charge is 2.11. The summed E-state index contributed by atoms with van der Waals surface area (Å²) in [5.41, 5.74) is 7.09. The second-order valence-electron chi connectivity index (χ2n) is 5.25. The Morgan fingerprint density at radius 3 is 1.83 bits per heavy atom. The van der Waals surface area contributed by atoms with E-state index < -0.39 is 0 Å². The van der Waals surface area contributed by atoms with Crippen molar-refractivity contribution in [3.05, 3.63) is 84.9 Å². The van der Waals surface area contributed by atoms with Crippen LogP contribution in [0, 0.1) is 0 Å². The van der Waals surface area contributed by atoms with Crippen LogP contribution in [-0.4, -0.2) is 5.91 Å². The molecule has 0 radical (unpaired) electrons. The summed E-state index contributed by atoms with van der Waals surface area (Å²) in [7, 11) is 0. The zero-order valence-corrected chi connectivity index (χ0v) is 12.9. The van der Waals surface area contributed by atoms with E-state index in [9.17, 15) is 4.79 Å². The van der Waals surface area contributed by atoms with Gasteiger partial charge in [-0.25, -0.2) is 5.01 Å². The molecule has 0 aliphatic carbocycles. The van der Waals surface area contributed by atoms with Crippen molar-refractivity contribution in [1.82, 2.24) is 0 Å². The molecule has 0 saturated heterocycles. The number of carbonyl (C=O) groups is 1. The maximum absolute atomic E-state index is 12.0. The number of nitrogens with zero attached hydrogens (tertiary/aromatic N) is 1. The molecule has 0 saturated carbocycles. The molecule has 0 aromatic heterocycles. The van der Waals surface area contributed by atoms with Gasteiger partial charge in [-0.1, -0.05) is 60.7 Å². The van der Waals surface area contributed by atoms with Gasteiger partial charge in [0.1, 0.15) is 0 Å². The topological polar surface area (TPSA) is 32.3 Å². The highest BCUT2D eigenvalue weighted by Crippen LogP contribution is 2.23. The fourth-order valence-corrected chi connectivity index (χ4v) is 2.40. The van der Waals surface area contributed by atoms with E-state index >= 15 is 0 Å². The zero-order chi connectivity index (χ0) is 16.1. The summed E-state index contributed by atoms with van der Waals surface area (Å²) in [6.45, 7) is 1.54. The molecule has 0 heterocycles. The fourth-order valence-electron chi connectivity index (χ4n) is 2.40. The van der Waals surface area contributed by atoms with Gasteiger partial charge in [0.2, 0.25) is 5.91 Å². The number of amides is 1. The summed E-state index contributed by atoms with van der Waals surface area (Å²) in [5.74, 6) is -0.0682. The Bertz CT molecular complexity index is 768. The summed E-state index contributed by atoms with van der Waals surface area (Å²) in [5, 5.41) is 1.55. The van der Waals surface area contributed by atoms with E-state index in [0.29, 0.717) is 0 Å². The van der Waals surface area contributed by atoms with Gasteiger partial charge < -0.3 is 0 Å². The molecule has 0 atom stereocenters. The van der Waals surface area contributed by atoms with E-state index in [2.05, 4.69) is 17.6 Å². The Morgan fingerprint density at radius 1 is 0.739 bits per heavy atom. The highest BCUT2D eigenvalue weighted by molar-refractivity contribution is 5.93. The molecule has 3 rings (SSSR count). The number of rotatable bonds is 4. The van der Waals surface area contributed by atoms with Crippen LogP contribution < -0.4 is 10.4 Å². The van der Waals surface area contributed by atoms with Crippen molar-refractivity contribution >= 4 is 17.3 Å². The fraction of sp³-hybridized carbons (Fsp3) is 0.0500. The molecule has 1 N–H and O–H groups in total. The summed E-state index contributed by atoms with van der Waals surface area (Å²) in [4.78, 5) is 12.0. The molecular weight excluding hydrogens is 284 g/mol. The average Bonchev–Trinajstić information content (AvgIpc) is 2.61. The largest absolute Gasteiger partial charge is 0.291 e. The molecule has 0 spiro atoms. The van der Waals surface area contributed by atoms with E-state index in [1.54, 1.807) is 11.9 Å². The molecule has 0 aliphatic rings. The summed E-state index contributed by atoms with van der Waals surface area (Å²) in [6.07, 6.45) is 0. The first kappa shape index (κ1) is 14.9. The van der Waals surface area contributed by atoms with Gasteiger partial charge in [0.05, 0.1) is 11.4 Å². The van der Waals surface area contributed by atoms with Gasteiger partial charge >= 0.3 is 0 Å². The third kappa shape index (κ3) is 3.58. The number of hydrogen-bond acceptors (Lipinski definition) is 2. The van der Waals surface area contributed by atoms with E-state index in [1.165, 1.54) is 0 Å². The van der Waals surface area contributed by atoms with Crippen molar-refractivity contribution in [1.29, 1.82) is 0 Å². The van der Waals surface area contributed by atoms with Gasteiger partial charge in [0.25, 0.3) is 0 Å². The molecule has 0 fully saturated rings. The van der Waals surface area contributed by atoms with Crippen LogP contribution in [0.3, 0.4) is 0 Å². The third-order valence-electron chi connectivity index (χ3n) is 3.56. The summed E-state index contributed by atoms with van der Waals surface area (Å²) in [6, 6.07) is 27.8. The maximum atomic E-state index is 12.0. The van der Waals surface area contributed by atoms with Crippen LogP contribution in [0.2, 0.25) is 0 Å². The Balaban J connectivity index is 1.85. The number of anilines is 2. The molecule has 114 valence electrons. The van der Waals surface area contributed by atoms with Crippen LogP contribution in [0.25, 0.3) is 11.1 Å². The normalized spacial score (nSPS) is 10.1. The van der Waals surface area contributed by atoms with Crippen molar-refractivity contribution in [3.63, 3.8) is 0 Å². The van der Waals surface area contributed by atoms with Crippen LogP contribution in [0.15, 0.2) is 84.9 Å². The lowest BCUT2D eigenvalue weighted by Crippen LogP contribution is -2.34. The molecule has 0 aliphatic heterocycles. The Hall–Kier alpha value is -3.07. The van der Waals surface area contributed by atoms with Gasteiger partial charge in [-0.15, -0.1) is 0 Å². The SMILES string of the molecule is CC(=O)N(Nc1ccccc1)c1ccc(-c2ccccc2)cc1. The Morgan fingerprint density at radius 2 is 1.26 bits per heavy atom. The van der Waals surface area contributed by atoms with E-state index in [0.717, 1.165) is 22.5 Å². The number of carbonyl (C=O) groups excluding carboxylic acids is 1. The number of benzene rings is 3. The second-order valence-corrected chi connectivity index (χ2v) is 5.25. The number of para-hydroxylation sites is 1. The summed E-state index contributed by atoms with van der Waals surface area (Å²) >= 11 is 0. The van der Waals surface area contributed by atoms with Gasteiger partial charge in [0.15, 0.2) is 0 Å². The molecule has 0 bridgehead atoms. The minimum atomic E-state index is -0.0682. The smallest absolute Gasteiger partial charge is 0.242 e. The van der Waals surface area contributed by atoms with E-state index in [1.807, 2.05) is 72.8 Å². The Kier molecular flexibility index (Phi) is 4.39. The molecule has 3 heteroatoms. The molecule has 23 heavy (non-hydrogen) atoms. The van der Waals surface area contributed by atoms with Crippen molar-refractivity contribution < 1.29 is 4.79 Å². The zero-order valence-electron chi connectivity index (χ0n) is 12.9. The average molecular weight is 302 g/mol. The van der Waals surface area contributed by atoms with Gasteiger partial charge in [-0.05, 0) is 35.4 Å². The van der Waals surface area contributed by atoms with Gasteiger partial charge in [-0.3, -0.25) is 10.2 Å². The van der Waals surface area contributed by atoms with Crippen LogP contribution in [0.4, 0.5) is 11.4 Å².